The molecule has 1 saturated heterocycles. The smallest absolute Gasteiger partial charge is 0.242 e. The van der Waals surface area contributed by atoms with E-state index in [-0.39, 0.29) is 23.3 Å². The first-order valence-electron chi connectivity index (χ1n) is 7.87. The highest BCUT2D eigenvalue weighted by atomic mass is 79.9. The zero-order valence-electron chi connectivity index (χ0n) is 14.1. The average molecular weight is 487 g/mol. The summed E-state index contributed by atoms with van der Waals surface area (Å²) >= 11 is 16.7. The van der Waals surface area contributed by atoms with Gasteiger partial charge in [0.15, 0.2) is 5.17 Å². The highest BCUT2D eigenvalue weighted by Crippen LogP contribution is 2.32. The Labute approximate surface area is 179 Å². The molecular formula is C18H14BrCl2N3O2S. The van der Waals surface area contributed by atoms with Crippen LogP contribution in [0.5, 0.6) is 0 Å². The van der Waals surface area contributed by atoms with Crippen molar-refractivity contribution >= 4 is 79.3 Å². The molecule has 2 aromatic rings. The maximum absolute atomic E-state index is 12.5. The van der Waals surface area contributed by atoms with E-state index in [0.29, 0.717) is 15.9 Å². The molecule has 9 heteroatoms. The van der Waals surface area contributed by atoms with Crippen LogP contribution in [0.1, 0.15) is 6.42 Å². The van der Waals surface area contributed by atoms with E-state index in [0.717, 1.165) is 10.2 Å². The number of aliphatic imine (C=N–C) groups is 1. The van der Waals surface area contributed by atoms with E-state index in [1.807, 2.05) is 24.3 Å². The zero-order chi connectivity index (χ0) is 19.6. The van der Waals surface area contributed by atoms with Crippen LogP contribution in [0.15, 0.2) is 51.9 Å². The summed E-state index contributed by atoms with van der Waals surface area (Å²) in [6.45, 7) is 0. The fourth-order valence-corrected chi connectivity index (χ4v) is 4.16. The predicted molar refractivity (Wildman–Crippen MR) is 115 cm³/mol. The minimum atomic E-state index is -0.540. The number of hydrogen-bond acceptors (Lipinski definition) is 4. The number of carbonyl (C=O) groups excluding carboxylic acids is 2. The third kappa shape index (κ3) is 4.85. The van der Waals surface area contributed by atoms with Gasteiger partial charge in [0.1, 0.15) is 5.25 Å². The van der Waals surface area contributed by atoms with Crippen LogP contribution in [-0.4, -0.2) is 34.2 Å². The Balaban J connectivity index is 1.68. The third-order valence-electron chi connectivity index (χ3n) is 3.79. The monoisotopic (exact) mass is 485 g/mol. The minimum absolute atomic E-state index is 0.00996. The molecule has 0 bridgehead atoms. The van der Waals surface area contributed by atoms with E-state index in [1.165, 1.54) is 16.7 Å². The van der Waals surface area contributed by atoms with Gasteiger partial charge in [-0.2, -0.15) is 0 Å². The molecule has 0 unspecified atom stereocenters. The largest absolute Gasteiger partial charge is 0.325 e. The molecule has 0 saturated carbocycles. The Kier molecular flexibility index (Phi) is 6.47. The van der Waals surface area contributed by atoms with Crippen LogP contribution in [0.2, 0.25) is 10.0 Å². The highest BCUT2D eigenvalue weighted by molar-refractivity contribution is 9.10. The number of benzene rings is 2. The highest BCUT2D eigenvalue weighted by Gasteiger charge is 2.37. The number of carbonyl (C=O) groups is 2. The lowest BCUT2D eigenvalue weighted by molar-refractivity contribution is -0.127. The number of anilines is 1. The Bertz CT molecular complexity index is 921. The minimum Gasteiger partial charge on any atom is -0.325 e. The lowest BCUT2D eigenvalue weighted by atomic mass is 10.2. The summed E-state index contributed by atoms with van der Waals surface area (Å²) in [5, 5.41) is 3.34. The molecule has 1 atom stereocenters. The van der Waals surface area contributed by atoms with Gasteiger partial charge in [0.05, 0.1) is 21.4 Å². The second-order valence-electron chi connectivity index (χ2n) is 5.73. The number of nitrogens with one attached hydrogen (secondary N) is 1. The first-order valence-corrected chi connectivity index (χ1v) is 10.3. The third-order valence-corrected chi connectivity index (χ3v) is 6.36. The van der Waals surface area contributed by atoms with Gasteiger partial charge in [-0.15, -0.1) is 0 Å². The maximum atomic E-state index is 12.5. The number of thioether (sulfide) groups is 1. The molecule has 2 amide bonds. The Morgan fingerprint density at radius 1 is 1.26 bits per heavy atom. The van der Waals surface area contributed by atoms with Crippen molar-refractivity contribution in [3.05, 3.63) is 57.0 Å². The summed E-state index contributed by atoms with van der Waals surface area (Å²) in [4.78, 5) is 30.8. The SMILES string of the molecule is CN1C(=O)[C@@H](CC(=O)Nc2cccc(Cl)c2Cl)SC1=Nc1ccc(Br)cc1. The molecule has 1 aliphatic rings. The van der Waals surface area contributed by atoms with Gasteiger partial charge in [-0.05, 0) is 36.4 Å². The van der Waals surface area contributed by atoms with E-state index in [1.54, 1.807) is 25.2 Å². The van der Waals surface area contributed by atoms with Gasteiger partial charge in [-0.3, -0.25) is 14.5 Å². The maximum Gasteiger partial charge on any atom is 0.242 e. The molecule has 140 valence electrons. The van der Waals surface area contributed by atoms with Gasteiger partial charge in [0.2, 0.25) is 11.8 Å². The molecule has 0 aromatic heterocycles. The van der Waals surface area contributed by atoms with Crippen molar-refractivity contribution in [2.75, 3.05) is 12.4 Å². The van der Waals surface area contributed by atoms with Gasteiger partial charge < -0.3 is 5.32 Å². The van der Waals surface area contributed by atoms with Gasteiger partial charge >= 0.3 is 0 Å². The summed E-state index contributed by atoms with van der Waals surface area (Å²) in [6, 6.07) is 12.4. The van der Waals surface area contributed by atoms with Crippen molar-refractivity contribution in [3.63, 3.8) is 0 Å². The van der Waals surface area contributed by atoms with Crippen LogP contribution in [0, 0.1) is 0 Å². The normalized spacial score (nSPS) is 18.2. The fraction of sp³-hybridized carbons (Fsp3) is 0.167. The molecule has 2 aromatic carbocycles. The average Bonchev–Trinajstić information content (AvgIpc) is 2.89. The Morgan fingerprint density at radius 3 is 2.67 bits per heavy atom. The van der Waals surface area contributed by atoms with E-state index in [2.05, 4.69) is 26.2 Å². The zero-order valence-corrected chi connectivity index (χ0v) is 18.0. The summed E-state index contributed by atoms with van der Waals surface area (Å²) in [6.07, 6.45) is 0.00996. The number of rotatable bonds is 4. The second-order valence-corrected chi connectivity index (χ2v) is 8.60. The topological polar surface area (TPSA) is 61.8 Å². The molecular weight excluding hydrogens is 473 g/mol. The van der Waals surface area contributed by atoms with E-state index in [4.69, 9.17) is 23.2 Å². The fourth-order valence-electron chi connectivity index (χ4n) is 2.39. The number of nitrogens with zero attached hydrogens (tertiary/aromatic N) is 2. The molecule has 1 heterocycles. The molecule has 0 aliphatic carbocycles. The van der Waals surface area contributed by atoms with Crippen LogP contribution in [0.25, 0.3) is 0 Å². The molecule has 5 nitrogen and oxygen atoms in total. The van der Waals surface area contributed by atoms with Crippen LogP contribution < -0.4 is 5.32 Å². The summed E-state index contributed by atoms with van der Waals surface area (Å²) in [7, 11) is 1.65. The van der Waals surface area contributed by atoms with Crippen molar-refractivity contribution in [2.24, 2.45) is 4.99 Å². The van der Waals surface area contributed by atoms with Crippen LogP contribution in [0.3, 0.4) is 0 Å². The van der Waals surface area contributed by atoms with Gasteiger partial charge in [0.25, 0.3) is 0 Å². The number of halogens is 3. The molecule has 1 fully saturated rings. The van der Waals surface area contributed by atoms with Gasteiger partial charge in [-0.1, -0.05) is 57.0 Å². The first kappa shape index (κ1) is 20.2. The summed E-state index contributed by atoms with van der Waals surface area (Å²) in [5.41, 5.74) is 1.15. The van der Waals surface area contributed by atoms with Crippen molar-refractivity contribution in [1.29, 1.82) is 0 Å². The van der Waals surface area contributed by atoms with Gasteiger partial charge in [-0.25, -0.2) is 4.99 Å². The van der Waals surface area contributed by atoms with Crippen molar-refractivity contribution in [2.45, 2.75) is 11.7 Å². The van der Waals surface area contributed by atoms with Crippen LogP contribution in [-0.2, 0) is 9.59 Å². The van der Waals surface area contributed by atoms with Crippen LogP contribution >= 0.6 is 50.9 Å². The summed E-state index contributed by atoms with van der Waals surface area (Å²) in [5.74, 6) is -0.480. The Morgan fingerprint density at radius 2 is 1.96 bits per heavy atom. The standard InChI is InChI=1S/C18H14BrCl2N3O2S/c1-24-17(26)14(27-18(24)22-11-7-5-10(19)6-8-11)9-15(25)23-13-4-2-3-12(20)16(13)21/h2-8,14H,9H2,1H3,(H,23,25)/t14-/m1/s1. The van der Waals surface area contributed by atoms with E-state index in [9.17, 15) is 9.59 Å². The van der Waals surface area contributed by atoms with Crippen molar-refractivity contribution in [1.82, 2.24) is 4.90 Å². The summed E-state index contributed by atoms with van der Waals surface area (Å²) < 4.78 is 0.948. The number of amides is 2. The lowest BCUT2D eigenvalue weighted by Crippen LogP contribution is -2.30. The quantitative estimate of drug-likeness (QED) is 0.633. The van der Waals surface area contributed by atoms with E-state index < -0.39 is 5.25 Å². The van der Waals surface area contributed by atoms with Crippen molar-refractivity contribution in [3.8, 4) is 0 Å². The Hall–Kier alpha value is -1.54. The second kappa shape index (κ2) is 8.65. The number of hydrogen-bond donors (Lipinski definition) is 1. The molecule has 1 aliphatic heterocycles. The van der Waals surface area contributed by atoms with E-state index >= 15 is 0 Å². The van der Waals surface area contributed by atoms with Crippen molar-refractivity contribution < 1.29 is 9.59 Å². The first-order chi connectivity index (χ1) is 12.8. The molecule has 3 rings (SSSR count). The lowest BCUT2D eigenvalue weighted by Gasteiger charge is -2.10. The molecule has 0 spiro atoms. The molecule has 0 radical (unpaired) electrons. The van der Waals surface area contributed by atoms with Gasteiger partial charge in [0, 0.05) is 17.9 Å². The molecule has 27 heavy (non-hydrogen) atoms. The molecule has 1 N–H and O–H groups in total. The number of amidine groups is 1. The van der Waals surface area contributed by atoms with Crippen LogP contribution in [0.4, 0.5) is 11.4 Å². The predicted octanol–water partition coefficient (Wildman–Crippen LogP) is 5.35.